The fraction of sp³-hybridized carbons (Fsp3) is 0.538. The van der Waals surface area contributed by atoms with Crippen LogP contribution in [-0.4, -0.2) is 17.1 Å². The largest absolute Gasteiger partial charge is 0.458 e. The van der Waals surface area contributed by atoms with Crippen LogP contribution in [0.3, 0.4) is 0 Å². The molecule has 1 aromatic heterocycles. The van der Waals surface area contributed by atoms with Crippen LogP contribution >= 0.6 is 0 Å². The zero-order valence-electron chi connectivity index (χ0n) is 9.86. The summed E-state index contributed by atoms with van der Waals surface area (Å²) in [6.45, 7) is 2.15. The number of rotatable bonds is 2. The van der Waals surface area contributed by atoms with Crippen LogP contribution in [0.2, 0.25) is 0 Å². The number of carbonyl (C=O) groups is 1. The summed E-state index contributed by atoms with van der Waals surface area (Å²) in [4.78, 5) is 15.2. The van der Waals surface area contributed by atoms with E-state index in [2.05, 4.69) is 11.9 Å². The SMILES string of the molecule is CC1CCCC(OC(=O)c2cccc(F)n2)C1. The van der Waals surface area contributed by atoms with Gasteiger partial charge in [-0.05, 0) is 37.3 Å². The highest BCUT2D eigenvalue weighted by Crippen LogP contribution is 2.26. The molecule has 2 atom stereocenters. The van der Waals surface area contributed by atoms with Crippen molar-refractivity contribution in [2.45, 2.75) is 38.7 Å². The van der Waals surface area contributed by atoms with Crippen molar-refractivity contribution < 1.29 is 13.9 Å². The highest BCUT2D eigenvalue weighted by molar-refractivity contribution is 5.87. The summed E-state index contributed by atoms with van der Waals surface area (Å²) in [6.07, 6.45) is 4.00. The molecule has 1 aliphatic rings. The Morgan fingerprint density at radius 2 is 2.29 bits per heavy atom. The number of halogens is 1. The second-order valence-corrected chi connectivity index (χ2v) is 4.64. The average Bonchev–Trinajstić information content (AvgIpc) is 2.29. The lowest BCUT2D eigenvalue weighted by Crippen LogP contribution is -2.25. The van der Waals surface area contributed by atoms with Gasteiger partial charge in [-0.2, -0.15) is 4.39 Å². The Morgan fingerprint density at radius 1 is 1.47 bits per heavy atom. The molecule has 0 bridgehead atoms. The van der Waals surface area contributed by atoms with Crippen molar-refractivity contribution in [3.63, 3.8) is 0 Å². The van der Waals surface area contributed by atoms with Crippen LogP contribution in [0.25, 0.3) is 0 Å². The van der Waals surface area contributed by atoms with Crippen molar-refractivity contribution in [3.05, 3.63) is 29.8 Å². The summed E-state index contributed by atoms with van der Waals surface area (Å²) in [6, 6.07) is 4.14. The van der Waals surface area contributed by atoms with Gasteiger partial charge in [-0.3, -0.25) is 0 Å². The van der Waals surface area contributed by atoms with Gasteiger partial charge in [0.1, 0.15) is 6.10 Å². The Kier molecular flexibility index (Phi) is 3.71. The quantitative estimate of drug-likeness (QED) is 0.586. The van der Waals surface area contributed by atoms with Gasteiger partial charge in [0.15, 0.2) is 5.69 Å². The molecule has 0 N–H and O–H groups in total. The molecule has 1 saturated carbocycles. The van der Waals surface area contributed by atoms with E-state index in [9.17, 15) is 9.18 Å². The predicted octanol–water partition coefficient (Wildman–Crippen LogP) is 2.96. The van der Waals surface area contributed by atoms with Crippen molar-refractivity contribution in [2.75, 3.05) is 0 Å². The first-order chi connectivity index (χ1) is 8.15. The topological polar surface area (TPSA) is 39.2 Å². The van der Waals surface area contributed by atoms with Gasteiger partial charge < -0.3 is 4.74 Å². The summed E-state index contributed by atoms with van der Waals surface area (Å²) in [5, 5.41) is 0. The van der Waals surface area contributed by atoms with Crippen LogP contribution in [0.4, 0.5) is 4.39 Å². The Hall–Kier alpha value is -1.45. The molecule has 1 heterocycles. The predicted molar refractivity (Wildman–Crippen MR) is 61.0 cm³/mol. The summed E-state index contributed by atoms with van der Waals surface area (Å²) in [7, 11) is 0. The molecule has 3 nitrogen and oxygen atoms in total. The molecule has 1 fully saturated rings. The number of hydrogen-bond acceptors (Lipinski definition) is 3. The normalized spacial score (nSPS) is 24.4. The van der Waals surface area contributed by atoms with E-state index in [-0.39, 0.29) is 11.8 Å². The van der Waals surface area contributed by atoms with Gasteiger partial charge in [0, 0.05) is 0 Å². The number of hydrogen-bond donors (Lipinski definition) is 0. The van der Waals surface area contributed by atoms with Crippen LogP contribution < -0.4 is 0 Å². The first-order valence-electron chi connectivity index (χ1n) is 5.98. The Labute approximate surface area is 100 Å². The van der Waals surface area contributed by atoms with Gasteiger partial charge in [-0.25, -0.2) is 9.78 Å². The van der Waals surface area contributed by atoms with Crippen molar-refractivity contribution in [1.29, 1.82) is 0 Å². The maximum absolute atomic E-state index is 12.8. The van der Waals surface area contributed by atoms with Crippen molar-refractivity contribution in [1.82, 2.24) is 4.98 Å². The molecule has 0 spiro atoms. The lowest BCUT2D eigenvalue weighted by molar-refractivity contribution is 0.0147. The van der Waals surface area contributed by atoms with Crippen LogP contribution in [0.15, 0.2) is 18.2 Å². The molecule has 0 aromatic carbocycles. The molecule has 2 rings (SSSR count). The minimum absolute atomic E-state index is 0.0447. The van der Waals surface area contributed by atoms with E-state index in [4.69, 9.17) is 4.74 Å². The van der Waals surface area contributed by atoms with Crippen LogP contribution in [-0.2, 0) is 4.74 Å². The van der Waals surface area contributed by atoms with Crippen LogP contribution in [0.5, 0.6) is 0 Å². The smallest absolute Gasteiger partial charge is 0.357 e. The highest BCUT2D eigenvalue weighted by Gasteiger charge is 2.23. The number of pyridine rings is 1. The standard InChI is InChI=1S/C13H16FNO2/c1-9-4-2-5-10(8-9)17-13(16)11-6-3-7-12(14)15-11/h3,6-7,9-10H,2,4-5,8H2,1H3. The third kappa shape index (κ3) is 3.25. The molecule has 1 aliphatic carbocycles. The molecular formula is C13H16FNO2. The lowest BCUT2D eigenvalue weighted by Gasteiger charge is -2.26. The van der Waals surface area contributed by atoms with Gasteiger partial charge in [-0.15, -0.1) is 0 Å². The van der Waals surface area contributed by atoms with Crippen molar-refractivity contribution in [3.8, 4) is 0 Å². The van der Waals surface area contributed by atoms with E-state index in [1.54, 1.807) is 0 Å². The Balaban J connectivity index is 1.97. The third-order valence-corrected chi connectivity index (χ3v) is 3.09. The first-order valence-corrected chi connectivity index (χ1v) is 5.98. The number of nitrogens with zero attached hydrogens (tertiary/aromatic N) is 1. The van der Waals surface area contributed by atoms with Gasteiger partial charge in [0.25, 0.3) is 0 Å². The third-order valence-electron chi connectivity index (χ3n) is 3.09. The molecule has 0 amide bonds. The Bertz CT molecular complexity index is 408. The van der Waals surface area contributed by atoms with E-state index >= 15 is 0 Å². The molecule has 0 saturated heterocycles. The lowest BCUT2D eigenvalue weighted by atomic mass is 9.89. The first kappa shape index (κ1) is 12.0. The van der Waals surface area contributed by atoms with Crippen LogP contribution in [0.1, 0.15) is 43.1 Å². The number of carbonyl (C=O) groups excluding carboxylic acids is 1. The van der Waals surface area contributed by atoms with E-state index in [0.29, 0.717) is 5.92 Å². The zero-order valence-corrected chi connectivity index (χ0v) is 9.86. The molecule has 0 aliphatic heterocycles. The monoisotopic (exact) mass is 237 g/mol. The van der Waals surface area contributed by atoms with Gasteiger partial charge in [-0.1, -0.05) is 19.4 Å². The highest BCUT2D eigenvalue weighted by atomic mass is 19.1. The summed E-state index contributed by atoms with van der Waals surface area (Å²) < 4.78 is 18.2. The number of aromatic nitrogens is 1. The molecule has 1 aromatic rings. The summed E-state index contributed by atoms with van der Waals surface area (Å²) >= 11 is 0. The van der Waals surface area contributed by atoms with E-state index in [0.717, 1.165) is 19.3 Å². The fourth-order valence-corrected chi connectivity index (χ4v) is 2.22. The van der Waals surface area contributed by atoms with Gasteiger partial charge in [0.2, 0.25) is 5.95 Å². The average molecular weight is 237 g/mol. The molecule has 2 unspecified atom stereocenters. The van der Waals surface area contributed by atoms with Gasteiger partial charge in [0.05, 0.1) is 0 Å². The van der Waals surface area contributed by atoms with E-state index < -0.39 is 11.9 Å². The van der Waals surface area contributed by atoms with E-state index in [1.165, 1.54) is 24.6 Å². The summed E-state index contributed by atoms with van der Waals surface area (Å²) in [5.74, 6) is -0.595. The number of esters is 1. The second-order valence-electron chi connectivity index (χ2n) is 4.64. The van der Waals surface area contributed by atoms with Crippen molar-refractivity contribution in [2.24, 2.45) is 5.92 Å². The summed E-state index contributed by atoms with van der Waals surface area (Å²) in [5.41, 5.74) is 0.0447. The van der Waals surface area contributed by atoms with E-state index in [1.807, 2.05) is 0 Å². The second kappa shape index (κ2) is 5.25. The molecule has 0 radical (unpaired) electrons. The fourth-order valence-electron chi connectivity index (χ4n) is 2.22. The molecule has 4 heteroatoms. The van der Waals surface area contributed by atoms with Gasteiger partial charge >= 0.3 is 5.97 Å². The maximum atomic E-state index is 12.8. The van der Waals surface area contributed by atoms with Crippen molar-refractivity contribution >= 4 is 5.97 Å². The molecule has 92 valence electrons. The molecule has 17 heavy (non-hydrogen) atoms. The maximum Gasteiger partial charge on any atom is 0.357 e. The minimum Gasteiger partial charge on any atom is -0.458 e. The minimum atomic E-state index is -0.656. The molecular weight excluding hydrogens is 221 g/mol. The van der Waals surface area contributed by atoms with Crippen LogP contribution in [0, 0.1) is 11.9 Å². The number of ether oxygens (including phenoxy) is 1. The Morgan fingerprint density at radius 3 is 3.00 bits per heavy atom. The zero-order chi connectivity index (χ0) is 12.3.